The van der Waals surface area contributed by atoms with Crippen LogP contribution in [0.1, 0.15) is 19.8 Å². The van der Waals surface area contributed by atoms with Crippen LogP contribution in [-0.4, -0.2) is 56.1 Å². The summed E-state index contributed by atoms with van der Waals surface area (Å²) in [7, 11) is 6.43. The van der Waals surface area contributed by atoms with Gasteiger partial charge in [0.15, 0.2) is 0 Å². The molecule has 84 valence electrons. The Labute approximate surface area is 88.2 Å². The number of hydrogen-bond acceptors (Lipinski definition) is 3. The minimum absolute atomic E-state index is 0.232. The Morgan fingerprint density at radius 1 is 1.21 bits per heavy atom. The van der Waals surface area contributed by atoms with Crippen LogP contribution in [0.3, 0.4) is 0 Å². The Hall–Kier alpha value is -0.120. The van der Waals surface area contributed by atoms with E-state index in [9.17, 15) is 0 Å². The molecule has 0 saturated heterocycles. The van der Waals surface area contributed by atoms with E-state index in [1.807, 2.05) is 0 Å². The van der Waals surface area contributed by atoms with Crippen molar-refractivity contribution in [1.82, 2.24) is 9.80 Å². The van der Waals surface area contributed by atoms with Crippen LogP contribution in [-0.2, 0) is 0 Å². The molecule has 1 aliphatic carbocycles. The van der Waals surface area contributed by atoms with E-state index in [2.05, 4.69) is 37.9 Å². The largest absolute Gasteiger partial charge is 0.329 e. The van der Waals surface area contributed by atoms with E-state index in [1.165, 1.54) is 12.8 Å². The second-order valence-corrected chi connectivity index (χ2v) is 5.06. The quantitative estimate of drug-likeness (QED) is 0.680. The molecule has 2 N–H and O–H groups in total. The van der Waals surface area contributed by atoms with E-state index in [0.29, 0.717) is 0 Å². The molecule has 14 heavy (non-hydrogen) atoms. The first-order valence-electron chi connectivity index (χ1n) is 5.56. The van der Waals surface area contributed by atoms with Crippen LogP contribution >= 0.6 is 0 Å². The number of nitrogens with two attached hydrogens (primary N) is 1. The van der Waals surface area contributed by atoms with Crippen molar-refractivity contribution in [1.29, 1.82) is 0 Å². The zero-order chi connectivity index (χ0) is 10.8. The maximum Gasteiger partial charge on any atom is 0.0329 e. The van der Waals surface area contributed by atoms with Crippen molar-refractivity contribution in [2.45, 2.75) is 25.3 Å². The fourth-order valence-electron chi connectivity index (χ4n) is 1.94. The Kier molecular flexibility index (Phi) is 3.93. The molecule has 1 aliphatic rings. The highest BCUT2D eigenvalue weighted by molar-refractivity contribution is 4.99. The highest BCUT2D eigenvalue weighted by Gasteiger charge is 2.42. The number of nitrogens with zero attached hydrogens (tertiary/aromatic N) is 2. The van der Waals surface area contributed by atoms with Crippen LogP contribution in [0.2, 0.25) is 0 Å². The molecular weight excluding hydrogens is 174 g/mol. The Balaban J connectivity index is 2.42. The van der Waals surface area contributed by atoms with Gasteiger partial charge in [-0.25, -0.2) is 0 Å². The van der Waals surface area contributed by atoms with E-state index in [-0.39, 0.29) is 5.54 Å². The topological polar surface area (TPSA) is 32.5 Å². The van der Waals surface area contributed by atoms with Gasteiger partial charge in [-0.3, -0.25) is 4.90 Å². The molecule has 0 aliphatic heterocycles. The van der Waals surface area contributed by atoms with Gasteiger partial charge >= 0.3 is 0 Å². The molecule has 1 atom stereocenters. The first-order chi connectivity index (χ1) is 6.50. The SMILES string of the molecule is CN(C)CCN(C)C(C)(CN)C1CC1. The summed E-state index contributed by atoms with van der Waals surface area (Å²) >= 11 is 0. The van der Waals surface area contributed by atoms with E-state index < -0.39 is 0 Å². The van der Waals surface area contributed by atoms with Crippen LogP contribution < -0.4 is 5.73 Å². The molecule has 0 heterocycles. The summed E-state index contributed by atoms with van der Waals surface area (Å²) in [6.45, 7) is 5.30. The lowest BCUT2D eigenvalue weighted by molar-refractivity contribution is 0.111. The maximum atomic E-state index is 5.90. The second-order valence-electron chi connectivity index (χ2n) is 5.06. The third-order valence-corrected chi connectivity index (χ3v) is 3.62. The molecule has 0 aromatic carbocycles. The van der Waals surface area contributed by atoms with Crippen molar-refractivity contribution in [3.63, 3.8) is 0 Å². The minimum atomic E-state index is 0.232. The Bertz CT molecular complexity index is 177. The summed E-state index contributed by atoms with van der Waals surface area (Å²) in [6.07, 6.45) is 2.72. The van der Waals surface area contributed by atoms with Crippen molar-refractivity contribution in [3.8, 4) is 0 Å². The molecule has 1 fully saturated rings. The van der Waals surface area contributed by atoms with Crippen LogP contribution in [0.5, 0.6) is 0 Å². The van der Waals surface area contributed by atoms with Crippen molar-refractivity contribution in [2.75, 3.05) is 40.8 Å². The lowest BCUT2D eigenvalue weighted by Gasteiger charge is -2.39. The number of hydrogen-bond donors (Lipinski definition) is 1. The summed E-state index contributed by atoms with van der Waals surface area (Å²) in [6, 6.07) is 0. The van der Waals surface area contributed by atoms with E-state index in [4.69, 9.17) is 5.73 Å². The lowest BCUT2D eigenvalue weighted by atomic mass is 9.94. The van der Waals surface area contributed by atoms with Crippen LogP contribution in [0, 0.1) is 5.92 Å². The molecule has 3 heteroatoms. The third-order valence-electron chi connectivity index (χ3n) is 3.62. The first kappa shape index (κ1) is 12.0. The zero-order valence-electron chi connectivity index (χ0n) is 10.1. The molecule has 1 saturated carbocycles. The fraction of sp³-hybridized carbons (Fsp3) is 1.00. The molecule has 0 spiro atoms. The Morgan fingerprint density at radius 2 is 1.79 bits per heavy atom. The van der Waals surface area contributed by atoms with Crippen molar-refractivity contribution >= 4 is 0 Å². The summed E-state index contributed by atoms with van der Waals surface area (Å²) in [5.41, 5.74) is 6.13. The van der Waals surface area contributed by atoms with Gasteiger partial charge in [-0.2, -0.15) is 0 Å². The van der Waals surface area contributed by atoms with E-state index >= 15 is 0 Å². The zero-order valence-corrected chi connectivity index (χ0v) is 10.1. The molecule has 0 aromatic heterocycles. The van der Waals surface area contributed by atoms with Crippen molar-refractivity contribution in [2.24, 2.45) is 11.7 Å². The average molecular weight is 199 g/mol. The Morgan fingerprint density at radius 3 is 2.14 bits per heavy atom. The molecule has 3 nitrogen and oxygen atoms in total. The van der Waals surface area contributed by atoms with Gasteiger partial charge in [-0.05, 0) is 46.8 Å². The van der Waals surface area contributed by atoms with Crippen molar-refractivity contribution in [3.05, 3.63) is 0 Å². The predicted octanol–water partition coefficient (Wildman–Crippen LogP) is 0.607. The summed E-state index contributed by atoms with van der Waals surface area (Å²) in [4.78, 5) is 4.66. The highest BCUT2D eigenvalue weighted by atomic mass is 15.2. The van der Waals surface area contributed by atoms with Gasteiger partial charge in [0.25, 0.3) is 0 Å². The number of likely N-dealkylation sites (N-methyl/N-ethyl adjacent to an activating group) is 2. The maximum absolute atomic E-state index is 5.90. The summed E-state index contributed by atoms with van der Waals surface area (Å²) < 4.78 is 0. The molecule has 1 rings (SSSR count). The average Bonchev–Trinajstić information content (AvgIpc) is 2.95. The molecule has 0 amide bonds. The van der Waals surface area contributed by atoms with Gasteiger partial charge in [0.1, 0.15) is 0 Å². The molecule has 1 unspecified atom stereocenters. The second kappa shape index (κ2) is 4.60. The van der Waals surface area contributed by atoms with E-state index in [0.717, 1.165) is 25.6 Å². The van der Waals surface area contributed by atoms with Gasteiger partial charge in [0.05, 0.1) is 0 Å². The third kappa shape index (κ3) is 2.69. The van der Waals surface area contributed by atoms with Gasteiger partial charge in [0, 0.05) is 25.2 Å². The molecular formula is C11H25N3. The van der Waals surface area contributed by atoms with Crippen LogP contribution in [0.4, 0.5) is 0 Å². The molecule has 0 aromatic rings. The first-order valence-corrected chi connectivity index (χ1v) is 5.56. The van der Waals surface area contributed by atoms with Crippen molar-refractivity contribution < 1.29 is 0 Å². The van der Waals surface area contributed by atoms with Gasteiger partial charge in [-0.1, -0.05) is 0 Å². The number of rotatable bonds is 6. The van der Waals surface area contributed by atoms with Crippen LogP contribution in [0.15, 0.2) is 0 Å². The normalized spacial score (nSPS) is 21.6. The van der Waals surface area contributed by atoms with Crippen LogP contribution in [0.25, 0.3) is 0 Å². The predicted molar refractivity (Wildman–Crippen MR) is 61.4 cm³/mol. The van der Waals surface area contributed by atoms with Gasteiger partial charge in [0.2, 0.25) is 0 Å². The standard InChI is InChI=1S/C11H25N3/c1-11(9-12,10-5-6-10)14(4)8-7-13(2)3/h10H,5-9,12H2,1-4H3. The summed E-state index contributed by atoms with van der Waals surface area (Å²) in [5, 5.41) is 0. The van der Waals surface area contributed by atoms with Gasteiger partial charge in [-0.15, -0.1) is 0 Å². The molecule has 0 radical (unpaired) electrons. The fourth-order valence-corrected chi connectivity index (χ4v) is 1.94. The van der Waals surface area contributed by atoms with E-state index in [1.54, 1.807) is 0 Å². The molecule has 0 bridgehead atoms. The lowest BCUT2D eigenvalue weighted by Crippen LogP contribution is -2.53. The minimum Gasteiger partial charge on any atom is -0.329 e. The monoisotopic (exact) mass is 199 g/mol. The van der Waals surface area contributed by atoms with Gasteiger partial charge < -0.3 is 10.6 Å². The summed E-state index contributed by atoms with van der Waals surface area (Å²) in [5.74, 6) is 0.833. The smallest absolute Gasteiger partial charge is 0.0329 e. The highest BCUT2D eigenvalue weighted by Crippen LogP contribution is 2.41.